The number of fused-ring (bicyclic) bond motifs is 5. The van der Waals surface area contributed by atoms with Crippen LogP contribution < -0.4 is 22.1 Å². The van der Waals surface area contributed by atoms with Gasteiger partial charge in [0.25, 0.3) is 0 Å². The van der Waals surface area contributed by atoms with Crippen LogP contribution in [0.1, 0.15) is 90.0 Å². The third-order valence-corrected chi connectivity index (χ3v) is 13.0. The quantitative estimate of drug-likeness (QED) is 0.0507. The summed E-state index contributed by atoms with van der Waals surface area (Å²) in [5, 5.41) is 47.9. The van der Waals surface area contributed by atoms with Crippen molar-refractivity contribution in [2.75, 3.05) is 13.2 Å². The van der Waals surface area contributed by atoms with Gasteiger partial charge in [0, 0.05) is 31.2 Å². The molecule has 3 saturated carbocycles. The first-order chi connectivity index (χ1) is 26.4. The smallest absolute Gasteiger partial charge is 0.326 e. The molecule has 16 nitrogen and oxygen atoms in total. The number of carbonyl (C=O) groups excluding carboxylic acids is 5. The van der Waals surface area contributed by atoms with Crippen molar-refractivity contribution in [3.63, 3.8) is 0 Å². The number of phenolic OH excluding ortho intramolecular Hbond substituents is 1. The first-order valence-corrected chi connectivity index (χ1v) is 19.4. The largest absolute Gasteiger partial charge is 0.508 e. The molecule has 56 heavy (non-hydrogen) atoms. The number of nitrogens with zero attached hydrogens (tertiary/aromatic N) is 1. The lowest BCUT2D eigenvalue weighted by atomic mass is 9.45. The van der Waals surface area contributed by atoms with Crippen molar-refractivity contribution in [2.45, 2.75) is 115 Å². The number of rotatable bonds is 16. The fourth-order valence-corrected chi connectivity index (χ4v) is 10.1. The molecule has 10 N–H and O–H groups in total. The number of aliphatic hydroxyl groups excluding tert-OH is 1. The zero-order chi connectivity index (χ0) is 41.0. The minimum Gasteiger partial charge on any atom is -0.508 e. The maximum Gasteiger partial charge on any atom is 0.326 e. The number of carboxylic acids is 1. The van der Waals surface area contributed by atoms with E-state index in [9.17, 15) is 49.2 Å². The Labute approximate surface area is 325 Å². The highest BCUT2D eigenvalue weighted by atomic mass is 16.5. The molecule has 1 aromatic rings. The Morgan fingerprint density at radius 2 is 1.71 bits per heavy atom. The fraction of sp³-hybridized carbons (Fsp3) is 0.625. The van der Waals surface area contributed by atoms with Gasteiger partial charge in [-0.15, -0.1) is 0 Å². The second-order valence-corrected chi connectivity index (χ2v) is 16.4. The van der Waals surface area contributed by atoms with Crippen LogP contribution in [0.15, 0.2) is 40.9 Å². The summed E-state index contributed by atoms with van der Waals surface area (Å²) >= 11 is 0. The number of nitrogens with one attached hydrogen (secondary N) is 2. The average molecular weight is 782 g/mol. The van der Waals surface area contributed by atoms with E-state index in [0.29, 0.717) is 24.8 Å². The number of allylic oxidation sites excluding steroid dienone is 1. The summed E-state index contributed by atoms with van der Waals surface area (Å²) in [5.41, 5.74) is 9.13. The number of aromatic hydroxyl groups is 1. The lowest BCUT2D eigenvalue weighted by molar-refractivity contribution is -0.184. The van der Waals surface area contributed by atoms with Crippen molar-refractivity contribution in [3.05, 3.63) is 41.5 Å². The molecular weight excluding hydrogens is 726 g/mol. The van der Waals surface area contributed by atoms with E-state index in [4.69, 9.17) is 16.2 Å². The number of carboxylic acid groups (broad SMARTS) is 1. The summed E-state index contributed by atoms with van der Waals surface area (Å²) in [4.78, 5) is 80.7. The zero-order valence-electron chi connectivity index (χ0n) is 32.0. The number of ketones is 2. The van der Waals surface area contributed by atoms with E-state index in [1.807, 2.05) is 6.92 Å². The molecule has 0 unspecified atom stereocenters. The highest BCUT2D eigenvalue weighted by Gasteiger charge is 2.68. The Morgan fingerprint density at radius 1 is 1.00 bits per heavy atom. The summed E-state index contributed by atoms with van der Waals surface area (Å²) < 4.78 is 5.26. The van der Waals surface area contributed by atoms with Crippen molar-refractivity contribution in [3.8, 4) is 5.75 Å². The van der Waals surface area contributed by atoms with E-state index in [1.165, 1.54) is 24.3 Å². The van der Waals surface area contributed by atoms with Gasteiger partial charge in [-0.05, 0) is 98.3 Å². The number of nitrogens with two attached hydrogens (primary N) is 2. The first kappa shape index (κ1) is 42.3. The van der Waals surface area contributed by atoms with Crippen LogP contribution in [0.2, 0.25) is 0 Å². The number of aliphatic carboxylic acids is 1. The van der Waals surface area contributed by atoms with Crippen LogP contribution in [0.25, 0.3) is 0 Å². The van der Waals surface area contributed by atoms with Gasteiger partial charge in [-0.2, -0.15) is 0 Å². The number of hydrogen-bond donors (Lipinski definition) is 8. The van der Waals surface area contributed by atoms with Gasteiger partial charge in [0.1, 0.15) is 23.4 Å². The molecule has 3 fully saturated rings. The Morgan fingerprint density at radius 3 is 2.39 bits per heavy atom. The lowest BCUT2D eigenvalue weighted by Gasteiger charge is -2.60. The standard InChI is InChI=1S/C40H55N5O11/c1-38-15-13-25(47)19-23(38)7-10-26-27-14-16-40(55,39(27,2)20-30(48)34(26)38)31(49)21-56-33(51)12-11-32(50)44-29(18-22-5-8-24(46)9-6-22)35(52)45-28(36(53)54)4-3-17-43-37(41)42/h5-6,8-9,19,26-30,34,46,48,55H,3-4,7,10-18,20-21H2,1-2H3,(H,44,50)(H,45,52)(H,53,54)(H4,41,42,43)/t26-,27-,28-,29-,30-,34+,38-,39-,40-/m0/s1. The summed E-state index contributed by atoms with van der Waals surface area (Å²) in [6.45, 7) is 3.38. The van der Waals surface area contributed by atoms with Crippen LogP contribution in [0.5, 0.6) is 5.75 Å². The van der Waals surface area contributed by atoms with Gasteiger partial charge in [0.2, 0.25) is 17.6 Å². The van der Waals surface area contributed by atoms with Crippen LogP contribution in [0, 0.1) is 28.6 Å². The molecule has 0 bridgehead atoms. The molecule has 9 atom stereocenters. The summed E-state index contributed by atoms with van der Waals surface area (Å²) in [6, 6.07) is 3.30. The monoisotopic (exact) mass is 781 g/mol. The zero-order valence-corrected chi connectivity index (χ0v) is 32.0. The number of guanidine groups is 1. The minimum absolute atomic E-state index is 0.0000473. The Hall–Kier alpha value is -4.83. The van der Waals surface area contributed by atoms with Gasteiger partial charge >= 0.3 is 11.9 Å². The van der Waals surface area contributed by atoms with Crippen molar-refractivity contribution >= 4 is 41.3 Å². The molecule has 0 saturated heterocycles. The minimum atomic E-state index is -1.84. The average Bonchev–Trinajstić information content (AvgIpc) is 3.41. The topological polar surface area (TPSA) is 281 Å². The van der Waals surface area contributed by atoms with Gasteiger partial charge in [0.05, 0.1) is 12.5 Å². The first-order valence-electron chi connectivity index (χ1n) is 19.4. The highest BCUT2D eigenvalue weighted by molar-refractivity contribution is 5.93. The van der Waals surface area contributed by atoms with E-state index >= 15 is 0 Å². The van der Waals surface area contributed by atoms with E-state index in [-0.39, 0.29) is 79.3 Å². The predicted octanol–water partition coefficient (Wildman–Crippen LogP) is 1.17. The molecular formula is C40H55N5O11. The van der Waals surface area contributed by atoms with E-state index < -0.39 is 78.2 Å². The highest BCUT2D eigenvalue weighted by Crippen LogP contribution is 2.67. The maximum absolute atomic E-state index is 13.7. The Bertz CT molecular complexity index is 1760. The van der Waals surface area contributed by atoms with Gasteiger partial charge in [-0.25, -0.2) is 4.79 Å². The normalized spacial score (nSPS) is 30.3. The number of aliphatic hydroxyl groups is 2. The fourth-order valence-electron chi connectivity index (χ4n) is 10.1. The van der Waals surface area contributed by atoms with E-state index in [0.717, 1.165) is 18.4 Å². The Balaban J connectivity index is 1.16. The van der Waals surface area contributed by atoms with Gasteiger partial charge in [0.15, 0.2) is 18.3 Å². The number of aliphatic imine (C=N–C) groups is 1. The molecule has 4 aliphatic rings. The van der Waals surface area contributed by atoms with Crippen LogP contribution in [-0.2, 0) is 39.9 Å². The summed E-state index contributed by atoms with van der Waals surface area (Å²) in [5.74, 6) is -4.53. The predicted molar refractivity (Wildman–Crippen MR) is 201 cm³/mol. The van der Waals surface area contributed by atoms with E-state index in [1.54, 1.807) is 6.08 Å². The second-order valence-electron chi connectivity index (χ2n) is 16.4. The third-order valence-electron chi connectivity index (χ3n) is 13.0. The summed E-state index contributed by atoms with van der Waals surface area (Å²) in [7, 11) is 0. The van der Waals surface area contributed by atoms with Crippen molar-refractivity contribution in [1.29, 1.82) is 0 Å². The molecule has 16 heteroatoms. The van der Waals surface area contributed by atoms with E-state index in [2.05, 4.69) is 22.5 Å². The SMILES string of the molecule is C[C@]12CCC(=O)C=C1CC[C@@H]1[C@@H]2[C@@H](O)C[C@@]2(C)[C@H]1CC[C@]2(O)C(=O)COC(=O)CCC(=O)N[C@@H](Cc1ccc(O)cc1)C(=O)N[C@@H](CCCN=C(N)N)C(=O)O. The number of esters is 1. The second kappa shape index (κ2) is 17.1. The lowest BCUT2D eigenvalue weighted by Crippen LogP contribution is -2.62. The van der Waals surface area contributed by atoms with Crippen LogP contribution >= 0.6 is 0 Å². The Kier molecular flexibility index (Phi) is 12.9. The van der Waals surface area contributed by atoms with Crippen molar-refractivity contribution in [1.82, 2.24) is 10.6 Å². The number of ether oxygens (including phenoxy) is 1. The molecule has 0 aliphatic heterocycles. The van der Waals surface area contributed by atoms with Crippen molar-refractivity contribution in [2.24, 2.45) is 45.0 Å². The molecule has 4 aliphatic carbocycles. The van der Waals surface area contributed by atoms with Crippen molar-refractivity contribution < 1.29 is 53.9 Å². The van der Waals surface area contributed by atoms with Gasteiger partial charge < -0.3 is 47.3 Å². The number of hydrogen-bond acceptors (Lipinski definition) is 11. The molecule has 0 aromatic heterocycles. The summed E-state index contributed by atoms with van der Waals surface area (Å²) in [6.07, 6.45) is 3.74. The molecule has 5 rings (SSSR count). The molecule has 306 valence electrons. The maximum atomic E-state index is 13.7. The van der Waals surface area contributed by atoms with Crippen LogP contribution in [0.3, 0.4) is 0 Å². The molecule has 1 aromatic carbocycles. The van der Waals surface area contributed by atoms with Gasteiger partial charge in [-0.3, -0.25) is 29.0 Å². The third kappa shape index (κ3) is 8.91. The number of phenols is 1. The number of amides is 2. The molecule has 0 heterocycles. The number of carbonyl (C=O) groups is 6. The van der Waals surface area contributed by atoms with Crippen LogP contribution in [0.4, 0.5) is 0 Å². The number of Topliss-reactive ketones (excluding diaryl/α,β-unsaturated/α-hetero) is 1. The number of benzene rings is 1. The van der Waals surface area contributed by atoms with Crippen LogP contribution in [-0.4, -0.2) is 98.6 Å². The molecule has 0 radical (unpaired) electrons. The van der Waals surface area contributed by atoms with Gasteiger partial charge in [-0.1, -0.05) is 31.6 Å². The molecule has 2 amide bonds. The molecule has 0 spiro atoms.